The van der Waals surface area contributed by atoms with Crippen LogP contribution in [0.2, 0.25) is 19.6 Å². The number of benzene rings is 1. The Hall–Kier alpha value is -3.47. The number of isocyanates is 1. The van der Waals surface area contributed by atoms with Crippen LogP contribution >= 0.6 is 0 Å². The number of hydrogen-bond donors (Lipinski definition) is 2. The van der Waals surface area contributed by atoms with E-state index in [4.69, 9.17) is 14.9 Å². The molecule has 2 rings (SSSR count). The smallest absolute Gasteiger partial charge is 0.416 e. The number of aryl methyl sites for hydroxylation is 1. The minimum absolute atomic E-state index is 0.238. The molecule has 0 aliphatic heterocycles. The maximum absolute atomic E-state index is 13.3. The van der Waals surface area contributed by atoms with Gasteiger partial charge in [-0.3, -0.25) is 5.73 Å². The van der Waals surface area contributed by atoms with Crippen LogP contribution in [-0.2, 0) is 19.2 Å². The summed E-state index contributed by atoms with van der Waals surface area (Å²) in [4.78, 5) is 53.8. The van der Waals surface area contributed by atoms with Gasteiger partial charge in [0.15, 0.2) is 6.61 Å². The summed E-state index contributed by atoms with van der Waals surface area (Å²) in [6.07, 6.45) is -0.105. The summed E-state index contributed by atoms with van der Waals surface area (Å²) in [5.41, 5.74) is 1.88. The molecule has 0 spiro atoms. The second kappa shape index (κ2) is 9.35. The number of fused-ring (bicyclic) bond motifs is 1. The molecule has 1 heterocycles. The zero-order valence-electron chi connectivity index (χ0n) is 18.4. The number of aliphatic carboxylic acids is 1. The second-order valence-corrected chi connectivity index (χ2v) is 13.8. The van der Waals surface area contributed by atoms with E-state index in [-0.39, 0.29) is 11.1 Å². The SMILES string of the molecule is Cc1c(N(C(=O)OC(C)[Si](C)(C)C)[C@@](N)(CON=C=O)C(=O)O)c(=O)oc2ccccc12. The number of para-hydroxylation sites is 1. The van der Waals surface area contributed by atoms with Gasteiger partial charge in [0.05, 0.1) is 13.8 Å². The Kier molecular flexibility index (Phi) is 7.24. The van der Waals surface area contributed by atoms with Crippen molar-refractivity contribution >= 4 is 42.9 Å². The van der Waals surface area contributed by atoms with Crippen molar-refractivity contribution in [3.8, 4) is 0 Å². The number of nitrogens with zero attached hydrogens (tertiary/aromatic N) is 2. The van der Waals surface area contributed by atoms with Crippen molar-refractivity contribution in [2.24, 2.45) is 10.9 Å². The van der Waals surface area contributed by atoms with Crippen molar-refractivity contribution in [3.63, 3.8) is 0 Å². The van der Waals surface area contributed by atoms with E-state index < -0.39 is 49.4 Å². The summed E-state index contributed by atoms with van der Waals surface area (Å²) < 4.78 is 10.8. The molecule has 0 aliphatic carbocycles. The molecule has 1 aromatic heterocycles. The van der Waals surface area contributed by atoms with E-state index in [1.165, 1.54) is 6.92 Å². The van der Waals surface area contributed by atoms with Gasteiger partial charge in [-0.2, -0.15) is 0 Å². The molecule has 0 fully saturated rings. The first-order valence-corrected chi connectivity index (χ1v) is 13.2. The number of ether oxygens (including phenoxy) is 1. The molecule has 0 saturated carbocycles. The maximum atomic E-state index is 13.3. The van der Waals surface area contributed by atoms with Crippen LogP contribution < -0.4 is 16.3 Å². The van der Waals surface area contributed by atoms with Crippen molar-refractivity contribution in [3.05, 3.63) is 40.2 Å². The number of carbonyl (C=O) groups excluding carboxylic acids is 2. The lowest BCUT2D eigenvalue weighted by Crippen LogP contribution is -2.68. The topological polar surface area (TPSA) is 162 Å². The van der Waals surface area contributed by atoms with Crippen LogP contribution in [0.4, 0.5) is 10.5 Å². The van der Waals surface area contributed by atoms with Crippen molar-refractivity contribution in [2.45, 2.75) is 44.9 Å². The third-order valence-electron chi connectivity index (χ3n) is 5.10. The lowest BCUT2D eigenvalue weighted by Gasteiger charge is -2.37. The molecule has 0 aliphatic rings. The summed E-state index contributed by atoms with van der Waals surface area (Å²) in [6, 6.07) is 6.53. The van der Waals surface area contributed by atoms with Crippen LogP contribution in [0.5, 0.6) is 0 Å². The molecule has 12 heteroatoms. The summed E-state index contributed by atoms with van der Waals surface area (Å²) in [5, 5.41) is 13.2. The average Bonchev–Trinajstić information content (AvgIpc) is 2.70. The molecule has 11 nitrogen and oxygen atoms in total. The van der Waals surface area contributed by atoms with Crippen LogP contribution in [0, 0.1) is 6.92 Å². The summed E-state index contributed by atoms with van der Waals surface area (Å²) >= 11 is 0. The Morgan fingerprint density at radius 1 is 1.34 bits per heavy atom. The third kappa shape index (κ3) is 4.88. The highest BCUT2D eigenvalue weighted by Crippen LogP contribution is 2.30. The normalized spacial score (nSPS) is 14.1. The van der Waals surface area contributed by atoms with Gasteiger partial charge < -0.3 is 19.1 Å². The number of carboxylic acid groups (broad SMARTS) is 1. The molecule has 1 amide bonds. The number of carbonyl (C=O) groups is 2. The summed E-state index contributed by atoms with van der Waals surface area (Å²) in [5.74, 6) is -1.73. The first kappa shape index (κ1) is 24.8. The fraction of sp³-hybridized carbons (Fsp3) is 0.400. The van der Waals surface area contributed by atoms with Crippen molar-refractivity contribution in [1.29, 1.82) is 0 Å². The van der Waals surface area contributed by atoms with Gasteiger partial charge in [0, 0.05) is 10.5 Å². The van der Waals surface area contributed by atoms with Crippen LogP contribution in [0.15, 0.2) is 38.6 Å². The zero-order valence-corrected chi connectivity index (χ0v) is 19.4. The van der Waals surface area contributed by atoms with E-state index in [1.807, 2.05) is 19.6 Å². The van der Waals surface area contributed by atoms with Gasteiger partial charge in [-0.25, -0.2) is 24.1 Å². The Labute approximate surface area is 184 Å². The lowest BCUT2D eigenvalue weighted by atomic mass is 10.1. The fourth-order valence-electron chi connectivity index (χ4n) is 2.77. The Bertz CT molecular complexity index is 1140. The molecular formula is C20H25N3O8Si. The molecule has 0 bridgehead atoms. The van der Waals surface area contributed by atoms with Gasteiger partial charge in [0.2, 0.25) is 5.66 Å². The van der Waals surface area contributed by atoms with Crippen LogP contribution in [0.25, 0.3) is 11.0 Å². The Morgan fingerprint density at radius 2 is 1.97 bits per heavy atom. The van der Waals surface area contributed by atoms with Crippen LogP contribution in [-0.4, -0.2) is 49.3 Å². The molecule has 32 heavy (non-hydrogen) atoms. The third-order valence-corrected chi connectivity index (χ3v) is 7.66. The molecule has 172 valence electrons. The van der Waals surface area contributed by atoms with E-state index in [2.05, 4.69) is 9.99 Å². The quantitative estimate of drug-likeness (QED) is 0.149. The molecule has 0 radical (unpaired) electrons. The molecular weight excluding hydrogens is 438 g/mol. The molecule has 2 atom stereocenters. The monoisotopic (exact) mass is 463 g/mol. The number of anilines is 1. The van der Waals surface area contributed by atoms with E-state index in [1.54, 1.807) is 31.2 Å². The van der Waals surface area contributed by atoms with E-state index >= 15 is 0 Å². The van der Waals surface area contributed by atoms with Crippen molar-refractivity contribution < 1.29 is 33.5 Å². The molecule has 3 N–H and O–H groups in total. The zero-order chi connectivity index (χ0) is 24.3. The predicted molar refractivity (Wildman–Crippen MR) is 118 cm³/mol. The minimum Gasteiger partial charge on any atom is -0.478 e. The predicted octanol–water partition coefficient (Wildman–Crippen LogP) is 2.32. The summed E-state index contributed by atoms with van der Waals surface area (Å²) in [6.45, 7) is 8.05. The van der Waals surface area contributed by atoms with Gasteiger partial charge in [0.1, 0.15) is 11.3 Å². The number of rotatable bonds is 8. The highest BCUT2D eigenvalue weighted by atomic mass is 28.3. The van der Waals surface area contributed by atoms with E-state index in [9.17, 15) is 24.3 Å². The highest BCUT2D eigenvalue weighted by molar-refractivity contribution is 6.77. The van der Waals surface area contributed by atoms with E-state index in [0.717, 1.165) is 6.08 Å². The maximum Gasteiger partial charge on any atom is 0.416 e. The molecule has 2 aromatic rings. The standard InChI is InChI=1S/C20H25N3O8Si/c1-12-14-8-6-7-9-15(14)31-17(25)16(12)23(19(28)30-13(2)32(3,4)5)20(21,18(26)27)10-29-22-11-24/h6-9,13H,10,21H2,1-5H3,(H,26,27)/t13?,20-/m0/s1. The summed E-state index contributed by atoms with van der Waals surface area (Å²) in [7, 11) is -2.02. The number of carboxylic acids is 1. The number of hydrogen-bond acceptors (Lipinski definition) is 9. The lowest BCUT2D eigenvalue weighted by molar-refractivity contribution is -0.145. The van der Waals surface area contributed by atoms with Crippen molar-refractivity contribution in [2.75, 3.05) is 11.5 Å². The van der Waals surface area contributed by atoms with E-state index in [0.29, 0.717) is 10.3 Å². The van der Waals surface area contributed by atoms with Crippen molar-refractivity contribution in [1.82, 2.24) is 0 Å². The average molecular weight is 464 g/mol. The molecule has 0 saturated heterocycles. The molecule has 1 unspecified atom stereocenters. The highest BCUT2D eigenvalue weighted by Gasteiger charge is 2.49. The Balaban J connectivity index is 2.77. The molecule has 1 aromatic carbocycles. The minimum atomic E-state index is -2.67. The Morgan fingerprint density at radius 3 is 2.53 bits per heavy atom. The first-order valence-electron chi connectivity index (χ1n) is 9.59. The van der Waals surface area contributed by atoms with Gasteiger partial charge >= 0.3 is 17.7 Å². The van der Waals surface area contributed by atoms with Gasteiger partial charge in [0.25, 0.3) is 6.08 Å². The van der Waals surface area contributed by atoms with Gasteiger partial charge in [-0.15, -0.1) is 0 Å². The van der Waals surface area contributed by atoms with Gasteiger partial charge in [-0.1, -0.05) is 37.8 Å². The van der Waals surface area contributed by atoms with Gasteiger partial charge in [-0.05, 0) is 25.5 Å². The largest absolute Gasteiger partial charge is 0.478 e. The first-order chi connectivity index (χ1) is 14.8. The number of nitrogens with two attached hydrogens (primary N) is 1. The fourth-order valence-corrected chi connectivity index (χ4v) is 3.22. The number of amides is 1. The van der Waals surface area contributed by atoms with Crippen LogP contribution in [0.3, 0.4) is 0 Å². The second-order valence-electron chi connectivity index (χ2n) is 8.27. The van der Waals surface area contributed by atoms with Crippen LogP contribution in [0.1, 0.15) is 12.5 Å².